The fraction of sp³-hybridized carbons (Fsp3) is 0.375. The van der Waals surface area contributed by atoms with Gasteiger partial charge in [0.1, 0.15) is 5.78 Å². The van der Waals surface area contributed by atoms with E-state index in [9.17, 15) is 9.59 Å². The molecule has 0 saturated carbocycles. The highest BCUT2D eigenvalue weighted by molar-refractivity contribution is 5.87. The molecule has 19 heavy (non-hydrogen) atoms. The van der Waals surface area contributed by atoms with E-state index >= 15 is 0 Å². The summed E-state index contributed by atoms with van der Waals surface area (Å²) in [5.74, 6) is -0.0404. The van der Waals surface area contributed by atoms with Gasteiger partial charge >= 0.3 is 0 Å². The predicted octanol–water partition coefficient (Wildman–Crippen LogP) is 2.92. The minimum absolute atomic E-state index is 0.0235. The van der Waals surface area contributed by atoms with Gasteiger partial charge in [-0.1, -0.05) is 43.3 Å². The smallest absolute Gasteiger partial charge is 0.230 e. The molecule has 1 aliphatic rings. The third-order valence-electron chi connectivity index (χ3n) is 3.31. The van der Waals surface area contributed by atoms with Crippen LogP contribution >= 0.6 is 0 Å². The average Bonchev–Trinajstić information content (AvgIpc) is 2.46. The van der Waals surface area contributed by atoms with Gasteiger partial charge in [-0.3, -0.25) is 9.59 Å². The molecule has 1 amide bonds. The Labute approximate surface area is 113 Å². The van der Waals surface area contributed by atoms with Crippen molar-refractivity contribution in [2.75, 3.05) is 0 Å². The van der Waals surface area contributed by atoms with Gasteiger partial charge in [-0.2, -0.15) is 0 Å². The van der Waals surface area contributed by atoms with E-state index in [1.807, 2.05) is 49.5 Å². The predicted molar refractivity (Wildman–Crippen MR) is 74.2 cm³/mol. The summed E-state index contributed by atoms with van der Waals surface area (Å²) >= 11 is 0. The Bertz CT molecular complexity index is 479. The summed E-state index contributed by atoms with van der Waals surface area (Å²) in [7, 11) is 0. The highest BCUT2D eigenvalue weighted by Gasteiger charge is 2.22. The van der Waals surface area contributed by atoms with Gasteiger partial charge in [-0.05, 0) is 12.0 Å². The van der Waals surface area contributed by atoms with Crippen molar-refractivity contribution in [2.45, 2.75) is 32.7 Å². The Kier molecular flexibility index (Phi) is 4.50. The number of Topliss-reactive ketones (excluding diaryl/α,β-unsaturated/α-hetero) is 1. The number of carbonyl (C=O) groups excluding carboxylic acids is 2. The first kappa shape index (κ1) is 13.5. The van der Waals surface area contributed by atoms with Crippen LogP contribution in [0.2, 0.25) is 0 Å². The maximum Gasteiger partial charge on any atom is 0.230 e. The van der Waals surface area contributed by atoms with E-state index in [0.717, 1.165) is 5.56 Å². The first-order valence-corrected chi connectivity index (χ1v) is 6.69. The molecule has 3 nitrogen and oxygen atoms in total. The zero-order valence-electron chi connectivity index (χ0n) is 11.2. The SMILES string of the molecule is CC1CC(=O)CC/C=C\N(Cc2ccccc2)C1=O. The Balaban J connectivity index is 2.14. The summed E-state index contributed by atoms with van der Waals surface area (Å²) in [6.45, 7) is 2.39. The number of rotatable bonds is 2. The second-order valence-corrected chi connectivity index (χ2v) is 5.02. The van der Waals surface area contributed by atoms with Crippen LogP contribution in [0.4, 0.5) is 0 Å². The summed E-state index contributed by atoms with van der Waals surface area (Å²) in [5, 5.41) is 0. The van der Waals surface area contributed by atoms with Crippen LogP contribution in [0.25, 0.3) is 0 Å². The third kappa shape index (κ3) is 3.78. The lowest BCUT2D eigenvalue weighted by Crippen LogP contribution is -2.31. The molecule has 1 heterocycles. The molecule has 0 spiro atoms. The number of carbonyl (C=O) groups is 2. The standard InChI is InChI=1S/C16H19NO2/c1-13-11-15(18)9-5-6-10-17(16(13)19)12-14-7-3-2-4-8-14/h2-4,6-8,10,13H,5,9,11-12H2,1H3/b10-6-. The molecule has 0 fully saturated rings. The van der Waals surface area contributed by atoms with Crippen LogP contribution in [0.1, 0.15) is 31.7 Å². The second-order valence-electron chi connectivity index (χ2n) is 5.02. The molecule has 0 aliphatic carbocycles. The number of hydrogen-bond donors (Lipinski definition) is 0. The summed E-state index contributed by atoms with van der Waals surface area (Å²) in [4.78, 5) is 25.6. The van der Waals surface area contributed by atoms with Crippen LogP contribution in [0.15, 0.2) is 42.6 Å². The largest absolute Gasteiger partial charge is 0.315 e. The van der Waals surface area contributed by atoms with Gasteiger partial charge in [-0.15, -0.1) is 0 Å². The number of ketones is 1. The van der Waals surface area contributed by atoms with Crippen molar-refractivity contribution in [3.63, 3.8) is 0 Å². The molecule has 0 bridgehead atoms. The Morgan fingerprint density at radius 3 is 2.68 bits per heavy atom. The van der Waals surface area contributed by atoms with Gasteiger partial charge in [0.25, 0.3) is 0 Å². The molecule has 0 aromatic heterocycles. The summed E-state index contributed by atoms with van der Waals surface area (Å²) in [6.07, 6.45) is 5.34. The molecule has 3 heteroatoms. The van der Waals surface area contributed by atoms with E-state index in [2.05, 4.69) is 0 Å². The molecule has 1 unspecified atom stereocenters. The summed E-state index contributed by atoms with van der Waals surface area (Å²) in [6, 6.07) is 9.90. The number of allylic oxidation sites excluding steroid dienone is 1. The number of nitrogens with zero attached hydrogens (tertiary/aromatic N) is 1. The molecular formula is C16H19NO2. The van der Waals surface area contributed by atoms with Crippen molar-refractivity contribution < 1.29 is 9.59 Å². The van der Waals surface area contributed by atoms with Crippen LogP contribution in [-0.2, 0) is 16.1 Å². The van der Waals surface area contributed by atoms with E-state index in [1.54, 1.807) is 4.90 Å². The number of benzene rings is 1. The molecule has 0 N–H and O–H groups in total. The van der Waals surface area contributed by atoms with Crippen molar-refractivity contribution in [1.82, 2.24) is 4.90 Å². The molecule has 1 aliphatic heterocycles. The maximum absolute atomic E-state index is 12.3. The Morgan fingerprint density at radius 2 is 1.95 bits per heavy atom. The molecule has 1 aromatic carbocycles. The minimum Gasteiger partial charge on any atom is -0.315 e. The van der Waals surface area contributed by atoms with Crippen molar-refractivity contribution in [3.8, 4) is 0 Å². The lowest BCUT2D eigenvalue weighted by Gasteiger charge is -2.21. The topological polar surface area (TPSA) is 37.4 Å². The molecule has 100 valence electrons. The van der Waals surface area contributed by atoms with Gasteiger partial charge in [0.2, 0.25) is 5.91 Å². The number of amides is 1. The summed E-state index contributed by atoms with van der Waals surface area (Å²) in [5.41, 5.74) is 1.10. The van der Waals surface area contributed by atoms with Crippen LogP contribution in [0.5, 0.6) is 0 Å². The van der Waals surface area contributed by atoms with E-state index < -0.39 is 0 Å². The van der Waals surface area contributed by atoms with Gasteiger partial charge in [0.15, 0.2) is 0 Å². The van der Waals surface area contributed by atoms with Crippen LogP contribution in [0, 0.1) is 5.92 Å². The highest BCUT2D eigenvalue weighted by Crippen LogP contribution is 2.16. The zero-order valence-corrected chi connectivity index (χ0v) is 11.2. The lowest BCUT2D eigenvalue weighted by atomic mass is 10.0. The molecule has 1 atom stereocenters. The number of hydrogen-bond acceptors (Lipinski definition) is 2. The second kappa shape index (κ2) is 6.32. The van der Waals surface area contributed by atoms with Gasteiger partial charge in [0, 0.05) is 25.0 Å². The average molecular weight is 257 g/mol. The van der Waals surface area contributed by atoms with E-state index in [1.165, 1.54) is 0 Å². The van der Waals surface area contributed by atoms with Gasteiger partial charge < -0.3 is 4.90 Å². The van der Waals surface area contributed by atoms with Crippen LogP contribution in [-0.4, -0.2) is 16.6 Å². The molecule has 0 radical (unpaired) electrons. The molecular weight excluding hydrogens is 238 g/mol. The zero-order chi connectivity index (χ0) is 13.7. The Hall–Kier alpha value is -1.90. The minimum atomic E-state index is -0.237. The highest BCUT2D eigenvalue weighted by atomic mass is 16.2. The van der Waals surface area contributed by atoms with Crippen molar-refractivity contribution in [1.29, 1.82) is 0 Å². The molecule has 0 saturated heterocycles. The fourth-order valence-corrected chi connectivity index (χ4v) is 2.24. The van der Waals surface area contributed by atoms with Gasteiger partial charge in [0.05, 0.1) is 6.54 Å². The van der Waals surface area contributed by atoms with Crippen molar-refractivity contribution in [3.05, 3.63) is 48.2 Å². The third-order valence-corrected chi connectivity index (χ3v) is 3.31. The lowest BCUT2D eigenvalue weighted by molar-refractivity contribution is -0.135. The normalized spacial score (nSPS) is 22.6. The molecule has 2 rings (SSSR count). The Morgan fingerprint density at radius 1 is 1.21 bits per heavy atom. The summed E-state index contributed by atoms with van der Waals surface area (Å²) < 4.78 is 0. The van der Waals surface area contributed by atoms with Crippen molar-refractivity contribution >= 4 is 11.7 Å². The van der Waals surface area contributed by atoms with E-state index in [4.69, 9.17) is 0 Å². The van der Waals surface area contributed by atoms with E-state index in [-0.39, 0.29) is 17.6 Å². The van der Waals surface area contributed by atoms with E-state index in [0.29, 0.717) is 25.8 Å². The van der Waals surface area contributed by atoms with Crippen LogP contribution < -0.4 is 0 Å². The monoisotopic (exact) mass is 257 g/mol. The molecule has 1 aromatic rings. The van der Waals surface area contributed by atoms with Crippen molar-refractivity contribution in [2.24, 2.45) is 5.92 Å². The quantitative estimate of drug-likeness (QED) is 0.817. The van der Waals surface area contributed by atoms with Crippen LogP contribution in [0.3, 0.4) is 0 Å². The maximum atomic E-state index is 12.3. The fourth-order valence-electron chi connectivity index (χ4n) is 2.24. The first-order chi connectivity index (χ1) is 9.16. The van der Waals surface area contributed by atoms with Gasteiger partial charge in [-0.25, -0.2) is 0 Å². The first-order valence-electron chi connectivity index (χ1n) is 6.69.